The lowest BCUT2D eigenvalue weighted by Crippen LogP contribution is -2.42. The summed E-state index contributed by atoms with van der Waals surface area (Å²) in [7, 11) is 2.28. The molecule has 0 aliphatic carbocycles. The SMILES string of the molecule is CCc1ccccc1C(CC)(CCN1CCC(CCCc2ccccc2)CC1)CN(C)Sc1ccc(C)cc1. The Morgan fingerprint density at radius 3 is 2.28 bits per heavy atom. The molecular formula is C36H50N2S. The van der Waals surface area contributed by atoms with Gasteiger partial charge in [0.25, 0.3) is 0 Å². The summed E-state index contributed by atoms with van der Waals surface area (Å²) < 4.78 is 2.49. The Labute approximate surface area is 243 Å². The van der Waals surface area contributed by atoms with Crippen molar-refractivity contribution in [2.24, 2.45) is 5.92 Å². The maximum Gasteiger partial charge on any atom is 0.0230 e. The van der Waals surface area contributed by atoms with E-state index >= 15 is 0 Å². The normalized spacial score (nSPS) is 16.4. The molecule has 1 aliphatic rings. The van der Waals surface area contributed by atoms with Gasteiger partial charge in [-0.1, -0.05) is 92.6 Å². The van der Waals surface area contributed by atoms with Gasteiger partial charge in [-0.3, -0.25) is 0 Å². The molecule has 0 bridgehead atoms. The highest BCUT2D eigenvalue weighted by Crippen LogP contribution is 2.38. The summed E-state index contributed by atoms with van der Waals surface area (Å²) in [6.45, 7) is 11.7. The summed E-state index contributed by atoms with van der Waals surface area (Å²) in [5.41, 5.74) is 6.06. The van der Waals surface area contributed by atoms with Gasteiger partial charge in [-0.2, -0.15) is 0 Å². The van der Waals surface area contributed by atoms with Crippen molar-refractivity contribution in [1.29, 1.82) is 0 Å². The van der Waals surface area contributed by atoms with Crippen LogP contribution in [0.2, 0.25) is 0 Å². The van der Waals surface area contributed by atoms with E-state index in [2.05, 4.69) is 116 Å². The molecule has 210 valence electrons. The van der Waals surface area contributed by atoms with Crippen LogP contribution in [0.15, 0.2) is 83.8 Å². The fourth-order valence-corrected chi connectivity index (χ4v) is 7.40. The number of hydrogen-bond donors (Lipinski definition) is 0. The number of rotatable bonds is 14. The maximum absolute atomic E-state index is 2.76. The van der Waals surface area contributed by atoms with Crippen LogP contribution in [0.25, 0.3) is 0 Å². The number of piperidine rings is 1. The lowest BCUT2D eigenvalue weighted by molar-refractivity contribution is 0.157. The van der Waals surface area contributed by atoms with Gasteiger partial charge in [0.05, 0.1) is 0 Å². The summed E-state index contributed by atoms with van der Waals surface area (Å²) in [4.78, 5) is 4.09. The van der Waals surface area contributed by atoms with Gasteiger partial charge in [0, 0.05) is 16.9 Å². The van der Waals surface area contributed by atoms with Crippen LogP contribution in [0.1, 0.15) is 74.6 Å². The van der Waals surface area contributed by atoms with Gasteiger partial charge >= 0.3 is 0 Å². The number of benzene rings is 3. The number of likely N-dealkylation sites (tertiary alicyclic amines) is 1. The molecule has 0 N–H and O–H groups in total. The van der Waals surface area contributed by atoms with Crippen LogP contribution in [0.3, 0.4) is 0 Å². The molecule has 0 aromatic heterocycles. The highest BCUT2D eigenvalue weighted by molar-refractivity contribution is 7.97. The van der Waals surface area contributed by atoms with Crippen LogP contribution >= 0.6 is 11.9 Å². The van der Waals surface area contributed by atoms with Crippen molar-refractivity contribution in [3.05, 3.63) is 101 Å². The zero-order valence-corrected chi connectivity index (χ0v) is 25.7. The minimum Gasteiger partial charge on any atom is -0.303 e. The van der Waals surface area contributed by atoms with Gasteiger partial charge in [-0.25, -0.2) is 4.31 Å². The smallest absolute Gasteiger partial charge is 0.0230 e. The van der Waals surface area contributed by atoms with Crippen molar-refractivity contribution in [3.8, 4) is 0 Å². The molecule has 1 aliphatic heterocycles. The zero-order valence-electron chi connectivity index (χ0n) is 24.9. The van der Waals surface area contributed by atoms with Crippen LogP contribution in [0.5, 0.6) is 0 Å². The van der Waals surface area contributed by atoms with E-state index in [4.69, 9.17) is 0 Å². The summed E-state index contributed by atoms with van der Waals surface area (Å²) in [5, 5.41) is 0. The van der Waals surface area contributed by atoms with E-state index < -0.39 is 0 Å². The molecule has 0 spiro atoms. The minimum absolute atomic E-state index is 0.158. The van der Waals surface area contributed by atoms with E-state index in [0.717, 1.165) is 18.9 Å². The first kappa shape index (κ1) is 29.9. The molecule has 1 unspecified atom stereocenters. The first-order valence-electron chi connectivity index (χ1n) is 15.3. The van der Waals surface area contributed by atoms with Crippen LogP contribution in [-0.4, -0.2) is 42.4 Å². The standard InChI is InChI=1S/C36H50N2S/c1-5-33-17-10-11-18-35(33)36(6-2,29-37(4)39-34-21-19-30(3)20-22-34)25-28-38-26-23-32(24-27-38)16-12-15-31-13-8-7-9-14-31/h7-11,13-14,17-22,32H,5-6,12,15-16,23-29H2,1-4H3. The summed E-state index contributed by atoms with van der Waals surface area (Å²) in [6, 6.07) is 29.2. The molecule has 2 nitrogen and oxygen atoms in total. The van der Waals surface area contributed by atoms with Gasteiger partial charge in [0.2, 0.25) is 0 Å². The molecule has 3 aromatic carbocycles. The second-order valence-electron chi connectivity index (χ2n) is 11.7. The van der Waals surface area contributed by atoms with Crippen LogP contribution < -0.4 is 0 Å². The fourth-order valence-electron chi connectivity index (χ4n) is 6.47. The van der Waals surface area contributed by atoms with E-state index in [-0.39, 0.29) is 5.41 Å². The Balaban J connectivity index is 1.36. The van der Waals surface area contributed by atoms with Crippen molar-refractivity contribution >= 4 is 11.9 Å². The van der Waals surface area contributed by atoms with Gasteiger partial charge in [0.15, 0.2) is 0 Å². The first-order valence-corrected chi connectivity index (χ1v) is 16.1. The van der Waals surface area contributed by atoms with Crippen LogP contribution in [0, 0.1) is 12.8 Å². The lowest BCUT2D eigenvalue weighted by Gasteiger charge is -2.41. The van der Waals surface area contributed by atoms with Gasteiger partial charge in [0.1, 0.15) is 0 Å². The van der Waals surface area contributed by atoms with Crippen molar-refractivity contribution in [1.82, 2.24) is 9.21 Å². The van der Waals surface area contributed by atoms with Gasteiger partial charge in [-0.05, 0) is 125 Å². The Bertz CT molecular complexity index is 1100. The van der Waals surface area contributed by atoms with E-state index in [0.29, 0.717) is 0 Å². The van der Waals surface area contributed by atoms with Gasteiger partial charge in [-0.15, -0.1) is 0 Å². The van der Waals surface area contributed by atoms with E-state index in [1.807, 2.05) is 11.9 Å². The van der Waals surface area contributed by atoms with Crippen molar-refractivity contribution in [2.75, 3.05) is 33.2 Å². The summed E-state index contributed by atoms with van der Waals surface area (Å²) in [5.74, 6) is 0.902. The molecule has 3 heteroatoms. The largest absolute Gasteiger partial charge is 0.303 e. The van der Waals surface area contributed by atoms with E-state index in [1.165, 1.54) is 86.2 Å². The molecule has 1 atom stereocenters. The Hall–Kier alpha value is -2.07. The number of aryl methyl sites for hydroxylation is 3. The second kappa shape index (κ2) is 15.1. The molecule has 1 heterocycles. The van der Waals surface area contributed by atoms with E-state index in [9.17, 15) is 0 Å². The summed E-state index contributed by atoms with van der Waals surface area (Å²) in [6.07, 6.45) is 10.1. The number of likely N-dealkylation sites (N-methyl/N-ethyl adjacent to an activating group) is 1. The van der Waals surface area contributed by atoms with E-state index in [1.54, 1.807) is 5.56 Å². The van der Waals surface area contributed by atoms with Crippen molar-refractivity contribution in [3.63, 3.8) is 0 Å². The summed E-state index contributed by atoms with van der Waals surface area (Å²) >= 11 is 1.89. The third-order valence-electron chi connectivity index (χ3n) is 8.99. The number of nitrogens with zero attached hydrogens (tertiary/aromatic N) is 2. The van der Waals surface area contributed by atoms with Crippen molar-refractivity contribution < 1.29 is 0 Å². The first-order chi connectivity index (χ1) is 19.0. The lowest BCUT2D eigenvalue weighted by atomic mass is 9.72. The maximum atomic E-state index is 2.76. The molecule has 39 heavy (non-hydrogen) atoms. The molecule has 0 saturated carbocycles. The molecule has 4 rings (SSSR count). The van der Waals surface area contributed by atoms with Crippen LogP contribution in [-0.2, 0) is 18.3 Å². The van der Waals surface area contributed by atoms with Crippen molar-refractivity contribution in [2.45, 2.75) is 82.4 Å². The molecule has 3 aromatic rings. The molecule has 0 radical (unpaired) electrons. The molecular weight excluding hydrogens is 492 g/mol. The second-order valence-corrected chi connectivity index (χ2v) is 13.0. The van der Waals surface area contributed by atoms with Crippen LogP contribution in [0.4, 0.5) is 0 Å². The Morgan fingerprint density at radius 2 is 1.59 bits per heavy atom. The minimum atomic E-state index is 0.158. The number of hydrogen-bond acceptors (Lipinski definition) is 3. The zero-order chi connectivity index (χ0) is 27.5. The molecule has 1 fully saturated rings. The monoisotopic (exact) mass is 542 g/mol. The highest BCUT2D eigenvalue weighted by atomic mass is 32.2. The highest BCUT2D eigenvalue weighted by Gasteiger charge is 2.34. The average molecular weight is 543 g/mol. The Kier molecular flexibility index (Phi) is 11.6. The quantitative estimate of drug-likeness (QED) is 0.188. The average Bonchev–Trinajstić information content (AvgIpc) is 2.98. The third-order valence-corrected chi connectivity index (χ3v) is 9.91. The Morgan fingerprint density at radius 1 is 0.897 bits per heavy atom. The fraction of sp³-hybridized carbons (Fsp3) is 0.500. The predicted molar refractivity (Wildman–Crippen MR) is 171 cm³/mol. The topological polar surface area (TPSA) is 6.48 Å². The predicted octanol–water partition coefficient (Wildman–Crippen LogP) is 8.97. The molecule has 0 amide bonds. The van der Waals surface area contributed by atoms with Gasteiger partial charge < -0.3 is 4.90 Å². The third kappa shape index (κ3) is 8.71. The molecule has 1 saturated heterocycles.